The summed E-state index contributed by atoms with van der Waals surface area (Å²) in [4.78, 5) is 14.3. The van der Waals surface area contributed by atoms with E-state index in [4.69, 9.17) is 0 Å². The van der Waals surface area contributed by atoms with E-state index in [-0.39, 0.29) is 18.0 Å². The quantitative estimate of drug-likeness (QED) is 0.834. The van der Waals surface area contributed by atoms with Crippen LogP contribution in [0.1, 0.15) is 13.3 Å². The third-order valence-corrected chi connectivity index (χ3v) is 3.29. The number of piperazine rings is 1. The van der Waals surface area contributed by atoms with Gasteiger partial charge in [-0.15, -0.1) is 0 Å². The molecule has 18 heavy (non-hydrogen) atoms. The summed E-state index contributed by atoms with van der Waals surface area (Å²) < 4.78 is 0. The molecule has 0 bridgehead atoms. The molecule has 0 spiro atoms. The van der Waals surface area contributed by atoms with Crippen molar-refractivity contribution in [2.45, 2.75) is 25.4 Å². The number of hydrogen-bond donors (Lipinski definition) is 2. The molecule has 1 fully saturated rings. The lowest BCUT2D eigenvalue weighted by Crippen LogP contribution is -2.59. The first-order valence-corrected chi connectivity index (χ1v) is 6.49. The van der Waals surface area contributed by atoms with Gasteiger partial charge >= 0.3 is 0 Å². The molecule has 4 heteroatoms. The topological polar surface area (TPSA) is 44.4 Å². The summed E-state index contributed by atoms with van der Waals surface area (Å²) in [5, 5.41) is 6.14. The van der Waals surface area contributed by atoms with Gasteiger partial charge in [0, 0.05) is 18.3 Å². The van der Waals surface area contributed by atoms with Crippen molar-refractivity contribution >= 4 is 11.6 Å². The Bertz CT molecular complexity index is 393. The van der Waals surface area contributed by atoms with E-state index >= 15 is 0 Å². The maximum atomic E-state index is 12.1. The van der Waals surface area contributed by atoms with Gasteiger partial charge in [-0.1, -0.05) is 18.2 Å². The van der Waals surface area contributed by atoms with Crippen LogP contribution in [-0.4, -0.2) is 38.1 Å². The summed E-state index contributed by atoms with van der Waals surface area (Å²) in [6, 6.07) is 10.3. The molecule has 98 valence electrons. The van der Waals surface area contributed by atoms with Gasteiger partial charge in [0.1, 0.15) is 6.04 Å². The zero-order valence-electron chi connectivity index (χ0n) is 11.0. The third kappa shape index (κ3) is 2.82. The Hall–Kier alpha value is -1.55. The molecule has 0 aliphatic carbocycles. The maximum Gasteiger partial charge on any atom is 0.243 e. The molecular weight excluding hydrogens is 226 g/mol. The highest BCUT2D eigenvalue weighted by atomic mass is 16.2. The van der Waals surface area contributed by atoms with E-state index in [0.29, 0.717) is 0 Å². The lowest BCUT2D eigenvalue weighted by molar-refractivity contribution is -0.124. The Labute approximate surface area is 108 Å². The molecule has 0 saturated carbocycles. The number of hydrogen-bond acceptors (Lipinski definition) is 3. The summed E-state index contributed by atoms with van der Waals surface area (Å²) in [5.41, 5.74) is 1.13. The van der Waals surface area contributed by atoms with Gasteiger partial charge in [-0.3, -0.25) is 4.79 Å². The van der Waals surface area contributed by atoms with Gasteiger partial charge in [0.15, 0.2) is 0 Å². The van der Waals surface area contributed by atoms with Crippen LogP contribution in [-0.2, 0) is 4.79 Å². The molecule has 1 aliphatic heterocycles. The molecule has 2 atom stereocenters. The number of anilines is 1. The molecule has 1 aromatic carbocycles. The molecule has 2 unspecified atom stereocenters. The van der Waals surface area contributed by atoms with E-state index in [0.717, 1.165) is 25.2 Å². The molecule has 1 aromatic rings. The highest BCUT2D eigenvalue weighted by Crippen LogP contribution is 2.21. The Morgan fingerprint density at radius 3 is 2.78 bits per heavy atom. The smallest absolute Gasteiger partial charge is 0.243 e. The zero-order valence-corrected chi connectivity index (χ0v) is 11.0. The highest BCUT2D eigenvalue weighted by molar-refractivity contribution is 5.87. The van der Waals surface area contributed by atoms with Crippen LogP contribution in [0.5, 0.6) is 0 Å². The van der Waals surface area contributed by atoms with Gasteiger partial charge in [-0.05, 0) is 39.1 Å². The number of nitrogens with zero attached hydrogens (tertiary/aromatic N) is 1. The highest BCUT2D eigenvalue weighted by Gasteiger charge is 2.32. The van der Waals surface area contributed by atoms with Crippen LogP contribution < -0.4 is 15.5 Å². The van der Waals surface area contributed by atoms with Gasteiger partial charge in [0.05, 0.1) is 0 Å². The van der Waals surface area contributed by atoms with Crippen molar-refractivity contribution in [2.75, 3.05) is 25.0 Å². The number of nitrogens with one attached hydrogen (secondary N) is 2. The first-order valence-electron chi connectivity index (χ1n) is 6.49. The van der Waals surface area contributed by atoms with Crippen molar-refractivity contribution in [1.29, 1.82) is 0 Å². The minimum Gasteiger partial charge on any atom is -0.357 e. The van der Waals surface area contributed by atoms with E-state index in [1.54, 1.807) is 0 Å². The van der Waals surface area contributed by atoms with Crippen LogP contribution >= 0.6 is 0 Å². The Morgan fingerprint density at radius 1 is 1.39 bits per heavy atom. The SMILES string of the molecule is CNCCC1C(=O)NC(C)CN1c1ccccc1. The average molecular weight is 247 g/mol. The van der Waals surface area contributed by atoms with Crippen molar-refractivity contribution in [3.05, 3.63) is 30.3 Å². The number of carbonyl (C=O) groups is 1. The second kappa shape index (κ2) is 5.87. The lowest BCUT2D eigenvalue weighted by atomic mass is 10.0. The number of rotatable bonds is 4. The third-order valence-electron chi connectivity index (χ3n) is 3.29. The van der Waals surface area contributed by atoms with E-state index in [1.165, 1.54) is 0 Å². The van der Waals surface area contributed by atoms with E-state index in [2.05, 4.69) is 27.7 Å². The molecular formula is C14H21N3O. The fraction of sp³-hybridized carbons (Fsp3) is 0.500. The molecule has 1 aliphatic rings. The fourth-order valence-electron chi connectivity index (χ4n) is 2.42. The van der Waals surface area contributed by atoms with Crippen LogP contribution in [0.2, 0.25) is 0 Å². The zero-order chi connectivity index (χ0) is 13.0. The summed E-state index contributed by atoms with van der Waals surface area (Å²) in [7, 11) is 1.91. The minimum atomic E-state index is -0.0731. The second-order valence-corrected chi connectivity index (χ2v) is 4.81. The molecule has 4 nitrogen and oxygen atoms in total. The predicted octanol–water partition coefficient (Wildman–Crippen LogP) is 0.989. The van der Waals surface area contributed by atoms with Gasteiger partial charge < -0.3 is 15.5 Å². The van der Waals surface area contributed by atoms with Crippen LogP contribution in [0, 0.1) is 0 Å². The molecule has 1 heterocycles. The normalized spacial score (nSPS) is 23.9. The largest absolute Gasteiger partial charge is 0.357 e. The van der Waals surface area contributed by atoms with E-state index in [9.17, 15) is 4.79 Å². The van der Waals surface area contributed by atoms with Crippen molar-refractivity contribution in [2.24, 2.45) is 0 Å². The lowest BCUT2D eigenvalue weighted by Gasteiger charge is -2.40. The number of carbonyl (C=O) groups excluding carboxylic acids is 1. The van der Waals surface area contributed by atoms with Gasteiger partial charge in [-0.2, -0.15) is 0 Å². The number of amides is 1. The first-order chi connectivity index (χ1) is 8.72. The standard InChI is InChI=1S/C14H21N3O/c1-11-10-17(12-6-4-3-5-7-12)13(8-9-15-2)14(18)16-11/h3-7,11,13,15H,8-10H2,1-2H3,(H,16,18). The Balaban J connectivity index is 2.19. The fourth-order valence-corrected chi connectivity index (χ4v) is 2.42. The summed E-state index contributed by atoms with van der Waals surface area (Å²) >= 11 is 0. The molecule has 1 amide bonds. The summed E-state index contributed by atoms with van der Waals surface area (Å²) in [6.45, 7) is 3.75. The Kier molecular flexibility index (Phi) is 4.20. The van der Waals surface area contributed by atoms with E-state index in [1.807, 2.05) is 32.2 Å². The minimum absolute atomic E-state index is 0.0731. The summed E-state index contributed by atoms with van der Waals surface area (Å²) in [5.74, 6) is 0.132. The van der Waals surface area contributed by atoms with Gasteiger partial charge in [0.2, 0.25) is 5.91 Å². The maximum absolute atomic E-state index is 12.1. The average Bonchev–Trinajstić information content (AvgIpc) is 2.38. The molecule has 1 saturated heterocycles. The number of para-hydroxylation sites is 1. The van der Waals surface area contributed by atoms with Crippen molar-refractivity contribution in [1.82, 2.24) is 10.6 Å². The second-order valence-electron chi connectivity index (χ2n) is 4.81. The van der Waals surface area contributed by atoms with Crippen LogP contribution in [0.25, 0.3) is 0 Å². The van der Waals surface area contributed by atoms with Gasteiger partial charge in [-0.25, -0.2) is 0 Å². The van der Waals surface area contributed by atoms with E-state index < -0.39 is 0 Å². The van der Waals surface area contributed by atoms with Crippen LogP contribution in [0.4, 0.5) is 5.69 Å². The van der Waals surface area contributed by atoms with Crippen LogP contribution in [0.15, 0.2) is 30.3 Å². The molecule has 2 rings (SSSR count). The van der Waals surface area contributed by atoms with Crippen molar-refractivity contribution < 1.29 is 4.79 Å². The monoisotopic (exact) mass is 247 g/mol. The van der Waals surface area contributed by atoms with Gasteiger partial charge in [0.25, 0.3) is 0 Å². The predicted molar refractivity (Wildman–Crippen MR) is 73.7 cm³/mol. The Morgan fingerprint density at radius 2 is 2.11 bits per heavy atom. The molecule has 2 N–H and O–H groups in total. The number of benzene rings is 1. The summed E-state index contributed by atoms with van der Waals surface area (Å²) in [6.07, 6.45) is 0.823. The van der Waals surface area contributed by atoms with Crippen molar-refractivity contribution in [3.8, 4) is 0 Å². The molecule has 0 aromatic heterocycles. The van der Waals surface area contributed by atoms with Crippen LogP contribution in [0.3, 0.4) is 0 Å². The molecule has 0 radical (unpaired) electrons. The van der Waals surface area contributed by atoms with Crippen molar-refractivity contribution in [3.63, 3.8) is 0 Å². The first kappa shape index (κ1) is 12.9.